The first kappa shape index (κ1) is 12.1. The number of ether oxygens (including phenoxy) is 1. The van der Waals surface area contributed by atoms with E-state index in [0.717, 1.165) is 0 Å². The maximum atomic E-state index is 11.0. The zero-order chi connectivity index (χ0) is 9.61. The van der Waals surface area contributed by atoms with Crippen LogP contribution in [0.25, 0.3) is 0 Å². The van der Waals surface area contributed by atoms with Crippen molar-refractivity contribution in [2.75, 3.05) is 20.4 Å². The molecule has 0 heterocycles. The lowest BCUT2D eigenvalue weighted by atomic mass is 10.8. The van der Waals surface area contributed by atoms with Crippen LogP contribution in [0.4, 0.5) is 0 Å². The van der Waals surface area contributed by atoms with Gasteiger partial charge in [0, 0.05) is 18.5 Å². The number of hydrogen-bond acceptors (Lipinski definition) is 6. The normalized spacial score (nSPS) is 15.6. The van der Waals surface area contributed by atoms with Gasteiger partial charge < -0.3 is 15.0 Å². The van der Waals surface area contributed by atoms with E-state index in [9.17, 15) is 9.36 Å². The molecule has 0 saturated heterocycles. The zero-order valence-corrected chi connectivity index (χ0v) is 8.27. The average molecular weight is 214 g/mol. The Hall–Kier alpha value is 0.0900. The summed E-state index contributed by atoms with van der Waals surface area (Å²) in [5, 5.41) is -0.465. The highest BCUT2D eigenvalue weighted by molar-refractivity contribution is 8.63. The molecule has 0 fully saturated rings. The second-order valence-electron chi connectivity index (χ2n) is 1.70. The molecule has 4 N–H and O–H groups in total. The molecule has 0 aromatic carbocycles. The van der Waals surface area contributed by atoms with Crippen molar-refractivity contribution in [3.63, 3.8) is 0 Å². The van der Waals surface area contributed by atoms with Gasteiger partial charge in [-0.1, -0.05) is 0 Å². The Morgan fingerprint density at radius 3 is 2.67 bits per heavy atom. The molecular weight excluding hydrogens is 203 g/mol. The standard InChI is InChI=1S/C4H11N2O4PS/c1-9-11(6,8)12-4(7)2-10-3-5/h2-3,5H2,1H3,(H2,6,8). The molecule has 0 aromatic heterocycles. The molecule has 8 heteroatoms. The van der Waals surface area contributed by atoms with Gasteiger partial charge >= 0.3 is 6.72 Å². The largest absolute Gasteiger partial charge is 0.358 e. The van der Waals surface area contributed by atoms with Crippen LogP contribution in [0.1, 0.15) is 0 Å². The van der Waals surface area contributed by atoms with E-state index in [1.165, 1.54) is 7.11 Å². The van der Waals surface area contributed by atoms with Crippen molar-refractivity contribution in [3.05, 3.63) is 0 Å². The number of hydrogen-bond donors (Lipinski definition) is 2. The quantitative estimate of drug-likeness (QED) is 0.486. The highest BCUT2D eigenvalue weighted by atomic mass is 32.7. The molecule has 0 rings (SSSR count). The lowest BCUT2D eigenvalue weighted by Gasteiger charge is -2.07. The van der Waals surface area contributed by atoms with E-state index in [1.54, 1.807) is 0 Å². The Morgan fingerprint density at radius 2 is 2.25 bits per heavy atom. The molecule has 0 spiro atoms. The fraction of sp³-hybridized carbons (Fsp3) is 0.750. The molecule has 0 bridgehead atoms. The van der Waals surface area contributed by atoms with Crippen LogP contribution < -0.4 is 11.2 Å². The van der Waals surface area contributed by atoms with Gasteiger partial charge in [-0.05, 0) is 0 Å². The van der Waals surface area contributed by atoms with Crippen LogP contribution in [0, 0.1) is 0 Å². The smallest absolute Gasteiger partial charge is 0.331 e. The van der Waals surface area contributed by atoms with Crippen molar-refractivity contribution in [2.45, 2.75) is 0 Å². The summed E-state index contributed by atoms with van der Waals surface area (Å²) in [6.07, 6.45) is 0. The van der Waals surface area contributed by atoms with Crippen molar-refractivity contribution >= 4 is 23.2 Å². The molecule has 72 valence electrons. The van der Waals surface area contributed by atoms with Crippen LogP contribution in [0.5, 0.6) is 0 Å². The predicted molar refractivity (Wildman–Crippen MR) is 46.4 cm³/mol. The molecule has 0 amide bonds. The van der Waals surface area contributed by atoms with Gasteiger partial charge in [-0.15, -0.1) is 0 Å². The molecule has 0 aromatic rings. The Kier molecular flexibility index (Phi) is 5.73. The van der Waals surface area contributed by atoms with Gasteiger partial charge in [-0.2, -0.15) is 0 Å². The second-order valence-corrected chi connectivity index (χ2v) is 5.86. The van der Waals surface area contributed by atoms with E-state index < -0.39 is 11.8 Å². The van der Waals surface area contributed by atoms with Crippen LogP contribution in [0.2, 0.25) is 0 Å². The van der Waals surface area contributed by atoms with Crippen LogP contribution in [0.3, 0.4) is 0 Å². The van der Waals surface area contributed by atoms with Crippen molar-refractivity contribution in [3.8, 4) is 0 Å². The van der Waals surface area contributed by atoms with Crippen LogP contribution in [-0.2, 0) is 18.6 Å². The van der Waals surface area contributed by atoms with Crippen LogP contribution in [-0.4, -0.2) is 25.6 Å². The fourth-order valence-corrected chi connectivity index (χ4v) is 2.08. The molecule has 1 unspecified atom stereocenters. The minimum absolute atomic E-state index is 0.0614. The molecule has 6 nitrogen and oxygen atoms in total. The van der Waals surface area contributed by atoms with Crippen molar-refractivity contribution in [2.24, 2.45) is 11.2 Å². The first-order valence-electron chi connectivity index (χ1n) is 2.96. The monoisotopic (exact) mass is 214 g/mol. The summed E-state index contributed by atoms with van der Waals surface area (Å²) in [5.74, 6) is 0. The minimum atomic E-state index is -3.32. The van der Waals surface area contributed by atoms with E-state index in [-0.39, 0.29) is 13.3 Å². The summed E-state index contributed by atoms with van der Waals surface area (Å²) in [5.41, 5.74) is 10.0. The first-order valence-corrected chi connectivity index (χ1v) is 6.08. The van der Waals surface area contributed by atoms with Gasteiger partial charge in [0.15, 0.2) is 0 Å². The predicted octanol–water partition coefficient (Wildman–Crippen LogP) is -0.108. The van der Waals surface area contributed by atoms with Crippen molar-refractivity contribution < 1.29 is 18.6 Å². The summed E-state index contributed by atoms with van der Waals surface area (Å²) in [6, 6.07) is 0. The van der Waals surface area contributed by atoms with Gasteiger partial charge in [0.05, 0.1) is 6.73 Å². The molecule has 0 radical (unpaired) electrons. The third-order valence-corrected chi connectivity index (χ3v) is 3.73. The maximum absolute atomic E-state index is 11.0. The third kappa shape index (κ3) is 5.70. The van der Waals surface area contributed by atoms with Crippen molar-refractivity contribution in [1.29, 1.82) is 0 Å². The van der Waals surface area contributed by atoms with E-state index in [1.807, 2.05) is 0 Å². The molecule has 0 aliphatic rings. The molecule has 1 atom stereocenters. The SMILES string of the molecule is COP(N)(=O)SC(=O)COCN. The Morgan fingerprint density at radius 1 is 1.67 bits per heavy atom. The third-order valence-electron chi connectivity index (χ3n) is 0.821. The number of rotatable bonds is 5. The summed E-state index contributed by atoms with van der Waals surface area (Å²) in [6.45, 7) is -3.60. The fourth-order valence-electron chi connectivity index (χ4n) is 0.348. The second kappa shape index (κ2) is 5.69. The highest BCUT2D eigenvalue weighted by Crippen LogP contribution is 2.51. The summed E-state index contributed by atoms with van der Waals surface area (Å²) in [4.78, 5) is 10.8. The molecule has 0 aliphatic heterocycles. The van der Waals surface area contributed by atoms with Crippen molar-refractivity contribution in [1.82, 2.24) is 0 Å². The van der Waals surface area contributed by atoms with E-state index >= 15 is 0 Å². The van der Waals surface area contributed by atoms with Gasteiger partial charge in [0.25, 0.3) is 0 Å². The average Bonchev–Trinajstić information content (AvgIpc) is 2.00. The summed E-state index contributed by atoms with van der Waals surface area (Å²) in [7, 11) is 1.17. The first-order chi connectivity index (χ1) is 5.52. The Bertz CT molecular complexity index is 199. The maximum Gasteiger partial charge on any atom is 0.331 e. The Balaban J connectivity index is 3.76. The summed E-state index contributed by atoms with van der Waals surface area (Å²) < 4.78 is 19.9. The molecule has 0 saturated carbocycles. The van der Waals surface area contributed by atoms with Gasteiger partial charge in [-0.25, -0.2) is 0 Å². The summed E-state index contributed by atoms with van der Waals surface area (Å²) >= 11 is 0.433. The number of carbonyl (C=O) groups is 1. The number of carbonyl (C=O) groups excluding carboxylic acids is 1. The molecular formula is C4H11N2O4PS. The van der Waals surface area contributed by atoms with Gasteiger partial charge in [0.2, 0.25) is 5.12 Å². The van der Waals surface area contributed by atoms with E-state index in [2.05, 4.69) is 9.26 Å². The minimum Gasteiger partial charge on any atom is -0.358 e. The van der Waals surface area contributed by atoms with E-state index in [4.69, 9.17) is 11.2 Å². The van der Waals surface area contributed by atoms with Gasteiger partial charge in [0.1, 0.15) is 6.61 Å². The van der Waals surface area contributed by atoms with E-state index in [0.29, 0.717) is 11.4 Å². The Labute approximate surface area is 74.2 Å². The number of nitrogens with two attached hydrogens (primary N) is 2. The lowest BCUT2D eigenvalue weighted by Crippen LogP contribution is -2.11. The van der Waals surface area contributed by atoms with Crippen LogP contribution in [0.15, 0.2) is 0 Å². The highest BCUT2D eigenvalue weighted by Gasteiger charge is 2.21. The molecule has 0 aliphatic carbocycles. The molecule has 12 heavy (non-hydrogen) atoms. The van der Waals surface area contributed by atoms with Crippen LogP contribution >= 0.6 is 18.1 Å². The topological polar surface area (TPSA) is 105 Å². The van der Waals surface area contributed by atoms with Gasteiger partial charge in [-0.3, -0.25) is 14.9 Å². The zero-order valence-electron chi connectivity index (χ0n) is 6.56. The lowest BCUT2D eigenvalue weighted by molar-refractivity contribution is -0.114.